The molecule has 9 heteroatoms. The number of carbonyl (C=O) groups excluding carboxylic acids is 1. The molecular formula is C32H30F3N5O. The van der Waals surface area contributed by atoms with Gasteiger partial charge in [0.15, 0.2) is 0 Å². The van der Waals surface area contributed by atoms with Crippen molar-refractivity contribution in [2.75, 3.05) is 13.1 Å². The van der Waals surface area contributed by atoms with Crippen molar-refractivity contribution in [2.45, 2.75) is 44.1 Å². The number of alkyl halides is 2. The lowest BCUT2D eigenvalue weighted by Crippen LogP contribution is -2.39. The number of aromatic nitrogens is 4. The zero-order chi connectivity index (χ0) is 28.3. The molecule has 210 valence electrons. The van der Waals surface area contributed by atoms with Crippen LogP contribution in [0.4, 0.5) is 13.2 Å². The third kappa shape index (κ3) is 4.67. The number of hydrogen-bond acceptors (Lipinski definition) is 3. The molecule has 1 aliphatic carbocycles. The van der Waals surface area contributed by atoms with Crippen LogP contribution in [0.3, 0.4) is 0 Å². The smallest absolute Gasteiger partial charge is 0.253 e. The highest BCUT2D eigenvalue weighted by Crippen LogP contribution is 2.44. The first-order chi connectivity index (χ1) is 19.8. The van der Waals surface area contributed by atoms with E-state index in [2.05, 4.69) is 9.67 Å². The van der Waals surface area contributed by atoms with Crippen LogP contribution in [0.15, 0.2) is 66.7 Å². The van der Waals surface area contributed by atoms with Gasteiger partial charge in [-0.25, -0.2) is 18.2 Å². The average Bonchev–Trinajstić information content (AvgIpc) is 3.49. The molecule has 3 heterocycles. The molecule has 41 heavy (non-hydrogen) atoms. The summed E-state index contributed by atoms with van der Waals surface area (Å²) in [6, 6.07) is 19.8. The molecule has 7 rings (SSSR count). The average molecular weight is 558 g/mol. The highest BCUT2D eigenvalue weighted by molar-refractivity contribution is 6.01. The number of amides is 1. The van der Waals surface area contributed by atoms with Crippen LogP contribution in [0.2, 0.25) is 0 Å². The Morgan fingerprint density at radius 2 is 1.76 bits per heavy atom. The van der Waals surface area contributed by atoms with E-state index < -0.39 is 5.92 Å². The zero-order valence-electron chi connectivity index (χ0n) is 22.7. The van der Waals surface area contributed by atoms with Gasteiger partial charge in [0.05, 0.1) is 16.6 Å². The minimum Gasteiger partial charge on any atom is -0.339 e. The number of aryl methyl sites for hydroxylation is 1. The van der Waals surface area contributed by atoms with Crippen molar-refractivity contribution in [3.05, 3.63) is 83.9 Å². The summed E-state index contributed by atoms with van der Waals surface area (Å²) in [7, 11) is 1.82. The van der Waals surface area contributed by atoms with Crippen molar-refractivity contribution in [1.29, 1.82) is 0 Å². The summed E-state index contributed by atoms with van der Waals surface area (Å²) in [5.41, 5.74) is 4.62. The van der Waals surface area contributed by atoms with E-state index in [0.29, 0.717) is 36.5 Å². The Morgan fingerprint density at radius 1 is 0.976 bits per heavy atom. The number of rotatable bonds is 5. The van der Waals surface area contributed by atoms with E-state index in [4.69, 9.17) is 4.98 Å². The molecule has 2 fully saturated rings. The number of likely N-dealkylation sites (tertiary alicyclic amines) is 1. The van der Waals surface area contributed by atoms with Crippen LogP contribution in [0.5, 0.6) is 0 Å². The summed E-state index contributed by atoms with van der Waals surface area (Å²) in [4.78, 5) is 20.3. The molecule has 1 saturated heterocycles. The van der Waals surface area contributed by atoms with Gasteiger partial charge in [-0.3, -0.25) is 9.48 Å². The number of para-hydroxylation sites is 2. The molecule has 2 aromatic heterocycles. The van der Waals surface area contributed by atoms with Gasteiger partial charge in [0.2, 0.25) is 5.92 Å². The Balaban J connectivity index is 1.09. The topological polar surface area (TPSA) is 56.0 Å². The van der Waals surface area contributed by atoms with Gasteiger partial charge in [-0.2, -0.15) is 5.10 Å². The van der Waals surface area contributed by atoms with Crippen molar-refractivity contribution < 1.29 is 18.0 Å². The van der Waals surface area contributed by atoms with Gasteiger partial charge < -0.3 is 9.47 Å². The van der Waals surface area contributed by atoms with Crippen molar-refractivity contribution in [1.82, 2.24) is 24.2 Å². The maximum absolute atomic E-state index is 13.8. The molecule has 0 radical (unpaired) electrons. The summed E-state index contributed by atoms with van der Waals surface area (Å²) in [5.74, 6) is -1.87. The summed E-state index contributed by atoms with van der Waals surface area (Å²) in [6.07, 6.45) is 1.37. The van der Waals surface area contributed by atoms with Crippen LogP contribution < -0.4 is 0 Å². The lowest BCUT2D eigenvalue weighted by molar-refractivity contribution is -0.114. The lowest BCUT2D eigenvalue weighted by atomic mass is 9.81. The number of carbonyl (C=O) groups is 1. The van der Waals surface area contributed by atoms with Crippen LogP contribution in [0.25, 0.3) is 33.2 Å². The Labute approximate surface area is 235 Å². The van der Waals surface area contributed by atoms with Gasteiger partial charge in [-0.1, -0.05) is 24.3 Å². The molecule has 0 bridgehead atoms. The molecule has 0 atom stereocenters. The van der Waals surface area contributed by atoms with E-state index in [-0.39, 0.29) is 36.4 Å². The first-order valence-corrected chi connectivity index (χ1v) is 14.1. The van der Waals surface area contributed by atoms with Crippen molar-refractivity contribution in [3.63, 3.8) is 0 Å². The summed E-state index contributed by atoms with van der Waals surface area (Å²) < 4.78 is 44.8. The normalized spacial score (nSPS) is 17.8. The number of halogens is 3. The number of piperidine rings is 1. The molecule has 1 amide bonds. The second-order valence-corrected chi connectivity index (χ2v) is 11.5. The van der Waals surface area contributed by atoms with Gasteiger partial charge in [0.1, 0.15) is 17.3 Å². The second kappa shape index (κ2) is 9.75. The van der Waals surface area contributed by atoms with E-state index in [9.17, 15) is 18.0 Å². The predicted molar refractivity (Wildman–Crippen MR) is 151 cm³/mol. The van der Waals surface area contributed by atoms with Crippen molar-refractivity contribution in [2.24, 2.45) is 13.0 Å². The van der Waals surface area contributed by atoms with Crippen molar-refractivity contribution >= 4 is 27.8 Å². The minimum atomic E-state index is -2.55. The van der Waals surface area contributed by atoms with E-state index in [1.807, 2.05) is 60.5 Å². The van der Waals surface area contributed by atoms with E-state index >= 15 is 0 Å². The Bertz CT molecular complexity index is 1780. The zero-order valence-corrected chi connectivity index (χ0v) is 22.7. The Morgan fingerprint density at radius 3 is 2.51 bits per heavy atom. The fourth-order valence-electron chi connectivity index (χ4n) is 6.53. The molecule has 1 saturated carbocycles. The largest absolute Gasteiger partial charge is 0.339 e. The van der Waals surface area contributed by atoms with Crippen LogP contribution in [0.1, 0.15) is 47.8 Å². The number of hydrogen-bond donors (Lipinski definition) is 0. The molecule has 0 spiro atoms. The molecule has 2 aliphatic rings. The van der Waals surface area contributed by atoms with Gasteiger partial charge in [0, 0.05) is 62.0 Å². The molecule has 1 aliphatic heterocycles. The molecular weight excluding hydrogens is 527 g/mol. The summed E-state index contributed by atoms with van der Waals surface area (Å²) in [5, 5.41) is 5.45. The van der Waals surface area contributed by atoms with Crippen molar-refractivity contribution in [3.8, 4) is 11.3 Å². The maximum atomic E-state index is 13.8. The third-order valence-corrected chi connectivity index (χ3v) is 8.64. The fraction of sp³-hybridized carbons (Fsp3) is 0.344. The van der Waals surface area contributed by atoms with Gasteiger partial charge in [0.25, 0.3) is 5.91 Å². The van der Waals surface area contributed by atoms with Crippen LogP contribution in [0, 0.1) is 11.7 Å². The third-order valence-electron chi connectivity index (χ3n) is 8.64. The summed E-state index contributed by atoms with van der Waals surface area (Å²) in [6.45, 7) is 1.73. The van der Waals surface area contributed by atoms with E-state index in [1.54, 1.807) is 10.7 Å². The van der Waals surface area contributed by atoms with E-state index in [0.717, 1.165) is 40.6 Å². The van der Waals surface area contributed by atoms with E-state index in [1.165, 1.54) is 12.1 Å². The highest BCUT2D eigenvalue weighted by Gasteiger charge is 2.45. The van der Waals surface area contributed by atoms with Gasteiger partial charge >= 0.3 is 0 Å². The maximum Gasteiger partial charge on any atom is 0.253 e. The van der Waals surface area contributed by atoms with Gasteiger partial charge in [-0.15, -0.1) is 0 Å². The highest BCUT2D eigenvalue weighted by atomic mass is 19.3. The SMILES string of the molecule is Cn1nc(-c2cccc(F)c2)c2ccc(C(=O)N3CCC(c4nc5ccccc5n4CC4CC(F)(F)C4)CC3)cc21. The van der Waals surface area contributed by atoms with Gasteiger partial charge in [-0.05, 0) is 61.2 Å². The number of fused-ring (bicyclic) bond motifs is 2. The molecule has 0 unspecified atom stereocenters. The molecule has 5 aromatic rings. The predicted octanol–water partition coefficient (Wildman–Crippen LogP) is 6.79. The molecule has 3 aromatic carbocycles. The molecule has 0 N–H and O–H groups in total. The second-order valence-electron chi connectivity index (χ2n) is 11.5. The van der Waals surface area contributed by atoms with Crippen LogP contribution in [-0.2, 0) is 13.6 Å². The Hall–Kier alpha value is -4.14. The monoisotopic (exact) mass is 557 g/mol. The van der Waals surface area contributed by atoms with Crippen LogP contribution >= 0.6 is 0 Å². The number of nitrogens with zero attached hydrogens (tertiary/aromatic N) is 5. The standard InChI is InChI=1S/C32H30F3N5O/c1-38-28-16-23(9-10-25(28)29(37-38)22-5-4-6-24(33)15-22)31(41)39-13-11-21(12-14-39)30-36-26-7-2-3-8-27(26)40(30)19-20-17-32(34,35)18-20/h2-10,15-16,20-21H,11-14,17-19H2,1H3. The first-order valence-electron chi connectivity index (χ1n) is 14.1. The van der Waals surface area contributed by atoms with Crippen LogP contribution in [-0.4, -0.2) is 49.2 Å². The fourth-order valence-corrected chi connectivity index (χ4v) is 6.53. The minimum absolute atomic E-state index is 0.0379. The molecule has 6 nitrogen and oxygen atoms in total. The quantitative estimate of drug-likeness (QED) is 0.239. The lowest BCUT2D eigenvalue weighted by Gasteiger charge is -2.36. The first kappa shape index (κ1) is 25.8. The summed E-state index contributed by atoms with van der Waals surface area (Å²) >= 11 is 0. The number of benzene rings is 3. The number of imidazole rings is 1. The Kier molecular flexibility index (Phi) is 6.14.